The molecule has 0 nitrogen and oxygen atoms in total. The first kappa shape index (κ1) is 12.0. The number of hydrogen-bond acceptors (Lipinski definition) is 0. The van der Waals surface area contributed by atoms with Gasteiger partial charge < -0.3 is 0 Å². The zero-order valence-corrected chi connectivity index (χ0v) is 10.4. The molecule has 0 amide bonds. The van der Waals surface area contributed by atoms with E-state index in [-0.39, 0.29) is 0 Å². The molecule has 0 radical (unpaired) electrons. The van der Waals surface area contributed by atoms with Gasteiger partial charge in [-0.05, 0) is 42.4 Å². The van der Waals surface area contributed by atoms with Crippen LogP contribution in [0.15, 0.2) is 24.3 Å². The maximum absolute atomic E-state index is 2.32. The van der Waals surface area contributed by atoms with Crippen LogP contribution in [-0.4, -0.2) is 0 Å². The lowest BCUT2D eigenvalue weighted by atomic mass is 9.95. The Balaban J connectivity index is 2.92. The fraction of sp³-hybridized carbons (Fsp3) is 0.467. The molecule has 0 aromatic heterocycles. The Hall–Kier alpha value is -1.04. The van der Waals surface area contributed by atoms with Crippen molar-refractivity contribution >= 4 is 6.08 Å². The van der Waals surface area contributed by atoms with E-state index >= 15 is 0 Å². The van der Waals surface area contributed by atoms with Gasteiger partial charge in [-0.15, -0.1) is 0 Å². The maximum atomic E-state index is 2.32. The first-order valence-electron chi connectivity index (χ1n) is 5.96. The van der Waals surface area contributed by atoms with Crippen molar-refractivity contribution in [2.75, 3.05) is 0 Å². The number of benzene rings is 1. The Labute approximate surface area is 94.0 Å². The lowest BCUT2D eigenvalue weighted by molar-refractivity contribution is 0.733. The minimum absolute atomic E-state index is 0.674. The molecule has 0 spiro atoms. The highest BCUT2D eigenvalue weighted by Gasteiger charge is 2.03. The first-order valence-corrected chi connectivity index (χ1v) is 5.96. The van der Waals surface area contributed by atoms with Gasteiger partial charge >= 0.3 is 0 Å². The summed E-state index contributed by atoms with van der Waals surface area (Å²) in [7, 11) is 0. The molecule has 0 saturated heterocycles. The largest absolute Gasteiger partial charge is 0.0842 e. The van der Waals surface area contributed by atoms with Crippen LogP contribution in [0.2, 0.25) is 0 Å². The van der Waals surface area contributed by atoms with Crippen molar-refractivity contribution in [3.63, 3.8) is 0 Å². The van der Waals surface area contributed by atoms with Crippen molar-refractivity contribution in [3.05, 3.63) is 41.0 Å². The number of rotatable bonds is 4. The van der Waals surface area contributed by atoms with Crippen molar-refractivity contribution in [1.82, 2.24) is 0 Å². The molecule has 0 aliphatic heterocycles. The monoisotopic (exact) mass is 202 g/mol. The van der Waals surface area contributed by atoms with Crippen LogP contribution in [0.1, 0.15) is 56.2 Å². The molecule has 82 valence electrons. The molecule has 0 fully saturated rings. The van der Waals surface area contributed by atoms with E-state index in [1.165, 1.54) is 23.1 Å². The topological polar surface area (TPSA) is 0 Å². The molecule has 1 aromatic carbocycles. The van der Waals surface area contributed by atoms with E-state index < -0.39 is 0 Å². The summed E-state index contributed by atoms with van der Waals surface area (Å²) in [6, 6.07) is 6.82. The van der Waals surface area contributed by atoms with Crippen LogP contribution >= 0.6 is 0 Å². The molecule has 0 N–H and O–H groups in total. The Morgan fingerprint density at radius 1 is 1.27 bits per heavy atom. The quantitative estimate of drug-likeness (QED) is 0.649. The summed E-state index contributed by atoms with van der Waals surface area (Å²) in [4.78, 5) is 0. The van der Waals surface area contributed by atoms with Crippen LogP contribution in [0, 0.1) is 6.92 Å². The summed E-state index contributed by atoms with van der Waals surface area (Å²) < 4.78 is 0. The summed E-state index contributed by atoms with van der Waals surface area (Å²) in [5.74, 6) is 0.674. The van der Waals surface area contributed by atoms with Gasteiger partial charge in [-0.3, -0.25) is 0 Å². The Morgan fingerprint density at radius 3 is 2.53 bits per heavy atom. The summed E-state index contributed by atoms with van der Waals surface area (Å²) >= 11 is 0. The molecule has 1 atom stereocenters. The summed E-state index contributed by atoms with van der Waals surface area (Å²) in [5, 5.41) is 0. The van der Waals surface area contributed by atoms with Crippen LogP contribution in [0.3, 0.4) is 0 Å². The van der Waals surface area contributed by atoms with E-state index in [1.54, 1.807) is 0 Å². The third-order valence-electron chi connectivity index (χ3n) is 3.01. The SMILES string of the molecule is CC/C=C\c1ccc(C(C)CC)cc1C. The van der Waals surface area contributed by atoms with Gasteiger partial charge in [-0.25, -0.2) is 0 Å². The molecule has 1 rings (SSSR count). The van der Waals surface area contributed by atoms with Crippen molar-refractivity contribution < 1.29 is 0 Å². The first-order chi connectivity index (χ1) is 7.19. The Kier molecular flexibility index (Phi) is 4.61. The van der Waals surface area contributed by atoms with Gasteiger partial charge in [0.1, 0.15) is 0 Å². The van der Waals surface area contributed by atoms with Crippen molar-refractivity contribution in [2.45, 2.75) is 46.5 Å². The smallest absolute Gasteiger partial charge is 0.0193 e. The molecule has 15 heavy (non-hydrogen) atoms. The lowest BCUT2D eigenvalue weighted by Gasteiger charge is -2.11. The predicted molar refractivity (Wildman–Crippen MR) is 69.2 cm³/mol. The molecule has 0 aliphatic rings. The molecule has 0 saturated carbocycles. The summed E-state index contributed by atoms with van der Waals surface area (Å²) in [5.41, 5.74) is 4.20. The predicted octanol–water partition coefficient (Wildman–Crippen LogP) is 4.93. The van der Waals surface area contributed by atoms with E-state index in [1.807, 2.05) is 0 Å². The molecule has 0 bridgehead atoms. The molecule has 0 aliphatic carbocycles. The van der Waals surface area contributed by atoms with Gasteiger partial charge in [0, 0.05) is 0 Å². The van der Waals surface area contributed by atoms with E-state index in [0.29, 0.717) is 5.92 Å². The average Bonchev–Trinajstić information content (AvgIpc) is 2.26. The fourth-order valence-electron chi connectivity index (χ4n) is 1.67. The molecule has 0 heteroatoms. The van der Waals surface area contributed by atoms with Crippen molar-refractivity contribution in [1.29, 1.82) is 0 Å². The fourth-order valence-corrected chi connectivity index (χ4v) is 1.67. The highest BCUT2D eigenvalue weighted by molar-refractivity contribution is 5.54. The molecular weight excluding hydrogens is 180 g/mol. The van der Waals surface area contributed by atoms with Gasteiger partial charge in [-0.2, -0.15) is 0 Å². The van der Waals surface area contributed by atoms with Crippen LogP contribution in [0.5, 0.6) is 0 Å². The van der Waals surface area contributed by atoms with Crippen molar-refractivity contribution in [3.8, 4) is 0 Å². The third kappa shape index (κ3) is 3.23. The van der Waals surface area contributed by atoms with E-state index in [2.05, 4.69) is 58.0 Å². The number of hydrogen-bond donors (Lipinski definition) is 0. The Bertz CT molecular complexity index is 334. The van der Waals surface area contributed by atoms with E-state index in [0.717, 1.165) is 6.42 Å². The summed E-state index contributed by atoms with van der Waals surface area (Å²) in [6.45, 7) is 8.89. The zero-order chi connectivity index (χ0) is 11.3. The standard InChI is InChI=1S/C15H22/c1-5-7-8-14-9-10-15(11-13(14)4)12(3)6-2/h7-12H,5-6H2,1-4H3/b8-7-. The zero-order valence-electron chi connectivity index (χ0n) is 10.4. The van der Waals surface area contributed by atoms with Gasteiger partial charge in [0.15, 0.2) is 0 Å². The van der Waals surface area contributed by atoms with E-state index in [9.17, 15) is 0 Å². The lowest BCUT2D eigenvalue weighted by Crippen LogP contribution is -1.93. The van der Waals surface area contributed by atoms with Gasteiger partial charge in [0.05, 0.1) is 0 Å². The van der Waals surface area contributed by atoms with Crippen LogP contribution in [0.25, 0.3) is 6.08 Å². The minimum atomic E-state index is 0.674. The van der Waals surface area contributed by atoms with Gasteiger partial charge in [0.2, 0.25) is 0 Å². The molecule has 1 unspecified atom stereocenters. The second-order valence-electron chi connectivity index (χ2n) is 4.24. The minimum Gasteiger partial charge on any atom is -0.0842 e. The normalized spacial score (nSPS) is 13.3. The Morgan fingerprint density at radius 2 is 2.00 bits per heavy atom. The second kappa shape index (κ2) is 5.75. The highest BCUT2D eigenvalue weighted by Crippen LogP contribution is 2.22. The average molecular weight is 202 g/mol. The molecular formula is C15H22. The van der Waals surface area contributed by atoms with Gasteiger partial charge in [-0.1, -0.05) is 51.1 Å². The summed E-state index contributed by atoms with van der Waals surface area (Å²) in [6.07, 6.45) is 6.75. The molecule has 0 heterocycles. The maximum Gasteiger partial charge on any atom is -0.0193 e. The third-order valence-corrected chi connectivity index (χ3v) is 3.01. The van der Waals surface area contributed by atoms with Crippen LogP contribution in [0.4, 0.5) is 0 Å². The number of aryl methyl sites for hydroxylation is 1. The van der Waals surface area contributed by atoms with Crippen LogP contribution in [-0.2, 0) is 0 Å². The van der Waals surface area contributed by atoms with Crippen LogP contribution < -0.4 is 0 Å². The molecule has 1 aromatic rings. The van der Waals surface area contributed by atoms with E-state index in [4.69, 9.17) is 0 Å². The number of allylic oxidation sites excluding steroid dienone is 1. The second-order valence-corrected chi connectivity index (χ2v) is 4.24. The van der Waals surface area contributed by atoms with Crippen molar-refractivity contribution in [2.24, 2.45) is 0 Å². The highest BCUT2D eigenvalue weighted by atomic mass is 14.1. The van der Waals surface area contributed by atoms with Gasteiger partial charge in [0.25, 0.3) is 0 Å².